The molecule has 3 N–H and O–H groups in total. The van der Waals surface area contributed by atoms with Gasteiger partial charge in [0.1, 0.15) is 0 Å². The molecule has 14 heteroatoms. The Morgan fingerprint density at radius 3 is 1.21 bits per heavy atom. The number of carbonyl (C=O) groups is 3. The van der Waals surface area contributed by atoms with Gasteiger partial charge in [-0.15, -0.1) is 0 Å². The van der Waals surface area contributed by atoms with Crippen LogP contribution in [0.1, 0.15) is 120 Å². The lowest BCUT2D eigenvalue weighted by Gasteiger charge is -2.45. The predicted octanol–water partition coefficient (Wildman–Crippen LogP) is 12.0. The van der Waals surface area contributed by atoms with Gasteiger partial charge in [-0.25, -0.2) is 14.4 Å². The van der Waals surface area contributed by atoms with Gasteiger partial charge in [-0.2, -0.15) is 0 Å². The maximum atomic E-state index is 10.2. The molecule has 0 aromatic heterocycles. The topological polar surface area (TPSA) is 118 Å². The minimum Gasteiger partial charge on any atom is -0.478 e. The van der Waals surface area contributed by atoms with Crippen LogP contribution < -0.4 is 0 Å². The Bertz CT molecular complexity index is 1030. The Morgan fingerprint density at radius 1 is 0.688 bits per heavy atom. The van der Waals surface area contributed by atoms with Gasteiger partial charge >= 0.3 is 17.9 Å². The van der Waals surface area contributed by atoms with Crippen LogP contribution in [0.2, 0.25) is 0 Å². The molecule has 2 aromatic carbocycles. The van der Waals surface area contributed by atoms with E-state index in [0.717, 1.165) is 6.04 Å². The smallest absolute Gasteiger partial charge is 0.356 e. The molecule has 0 heterocycles. The van der Waals surface area contributed by atoms with Gasteiger partial charge in [-0.3, -0.25) is 4.90 Å². The molecule has 0 aliphatic rings. The lowest BCUT2D eigenvalue weighted by Crippen LogP contribution is -2.51. The molecule has 0 amide bonds. The van der Waals surface area contributed by atoms with Gasteiger partial charge in [0, 0.05) is 46.9 Å². The van der Waals surface area contributed by atoms with Crippen LogP contribution in [0.15, 0.2) is 60.7 Å². The number of unbranched alkanes of at least 4 members (excludes halogenated alkanes) is 3. The van der Waals surface area contributed by atoms with E-state index >= 15 is 0 Å². The minimum absolute atomic E-state index is 0.331. The standard InChI is InChI=1S/C18H39N.2C7H6O2.C2HCl3O2.Cl3N/c1-7-11-14-18(6,15-12-8-2)19(16-13-9-3)17(5)10-4;2*8-7(9)6-4-2-1-3-5-6;3-2(4,5)1(6)7;1-4(2)3/h17H,7-16H2,1-6H3;2*1-5H,(H,8,9);(H,6,7);. The SMILES string of the molecule is CCCCN(C(C)CC)C(C)(CCCC)CCCC.ClN(Cl)Cl.O=C(O)C(Cl)(Cl)Cl.O=C(O)c1ccccc1.O=C(O)c1ccccc1. The number of alkyl halides is 3. The molecule has 0 aliphatic heterocycles. The number of hydrogen-bond acceptors (Lipinski definition) is 5. The molecule has 1 atom stereocenters. The van der Waals surface area contributed by atoms with Crippen molar-refractivity contribution < 1.29 is 29.7 Å². The number of benzene rings is 2. The molecule has 48 heavy (non-hydrogen) atoms. The van der Waals surface area contributed by atoms with Gasteiger partial charge in [0.05, 0.1) is 11.1 Å². The van der Waals surface area contributed by atoms with Crippen LogP contribution in [0.25, 0.3) is 0 Å². The van der Waals surface area contributed by atoms with Gasteiger partial charge in [0.25, 0.3) is 3.79 Å². The fourth-order valence-electron chi connectivity index (χ4n) is 4.26. The Labute approximate surface area is 317 Å². The second kappa shape index (κ2) is 30.3. The summed E-state index contributed by atoms with van der Waals surface area (Å²) in [6, 6.07) is 17.3. The zero-order valence-electron chi connectivity index (χ0n) is 28.7. The lowest BCUT2D eigenvalue weighted by molar-refractivity contribution is -0.135. The van der Waals surface area contributed by atoms with E-state index in [1.165, 1.54) is 64.3 Å². The van der Waals surface area contributed by atoms with Crippen LogP contribution in [0.3, 0.4) is 0 Å². The van der Waals surface area contributed by atoms with E-state index in [1.807, 2.05) is 0 Å². The number of aliphatic carboxylic acids is 1. The lowest BCUT2D eigenvalue weighted by atomic mass is 9.85. The summed E-state index contributed by atoms with van der Waals surface area (Å²) in [7, 11) is 0. The number of aromatic carboxylic acids is 2. The fourth-order valence-corrected chi connectivity index (χ4v) is 4.26. The summed E-state index contributed by atoms with van der Waals surface area (Å²) in [5, 5.41) is 24.6. The summed E-state index contributed by atoms with van der Waals surface area (Å²) >= 11 is 28.3. The van der Waals surface area contributed by atoms with Crippen LogP contribution in [0.5, 0.6) is 0 Å². The van der Waals surface area contributed by atoms with Gasteiger partial charge in [-0.1, -0.05) is 131 Å². The van der Waals surface area contributed by atoms with Gasteiger partial charge in [0.15, 0.2) is 0 Å². The highest BCUT2D eigenvalue weighted by molar-refractivity contribution is 6.75. The third-order valence-electron chi connectivity index (χ3n) is 6.99. The van der Waals surface area contributed by atoms with E-state index in [-0.39, 0.29) is 0 Å². The molecule has 2 rings (SSSR count). The first kappa shape index (κ1) is 50.9. The van der Waals surface area contributed by atoms with Crippen molar-refractivity contribution in [3.8, 4) is 0 Å². The van der Waals surface area contributed by atoms with Crippen molar-refractivity contribution in [3.05, 3.63) is 71.8 Å². The van der Waals surface area contributed by atoms with E-state index in [1.54, 1.807) is 60.7 Å². The number of hydrogen-bond donors (Lipinski definition) is 3. The van der Waals surface area contributed by atoms with Crippen molar-refractivity contribution in [1.29, 1.82) is 0 Å². The van der Waals surface area contributed by atoms with E-state index in [0.29, 0.717) is 20.1 Å². The molecule has 276 valence electrons. The molecule has 8 nitrogen and oxygen atoms in total. The number of nitrogens with zero attached hydrogens (tertiary/aromatic N) is 2. The summed E-state index contributed by atoms with van der Waals surface area (Å²) in [6.07, 6.45) is 12.1. The minimum atomic E-state index is -2.17. The summed E-state index contributed by atoms with van der Waals surface area (Å²) in [4.78, 5) is 32.9. The van der Waals surface area contributed by atoms with Crippen molar-refractivity contribution in [2.45, 2.75) is 115 Å². The first-order chi connectivity index (χ1) is 22.3. The Balaban J connectivity index is -0.000000584. The Morgan fingerprint density at radius 2 is 1.00 bits per heavy atom. The molecule has 0 saturated carbocycles. The first-order valence-corrected chi connectivity index (χ1v) is 17.9. The molecular weight excluding hydrogens is 745 g/mol. The highest BCUT2D eigenvalue weighted by Crippen LogP contribution is 2.31. The zero-order valence-corrected chi connectivity index (χ0v) is 33.2. The summed E-state index contributed by atoms with van der Waals surface area (Å²) in [5.74, 6) is -3.22. The van der Waals surface area contributed by atoms with Crippen molar-refractivity contribution in [3.63, 3.8) is 0 Å². The van der Waals surface area contributed by atoms with Crippen molar-refractivity contribution in [1.82, 2.24) is 8.36 Å². The van der Waals surface area contributed by atoms with Gasteiger partial charge in [-0.05, 0) is 73.8 Å². The molecule has 0 aliphatic carbocycles. The molecule has 0 bridgehead atoms. The maximum absolute atomic E-state index is 10.2. The third kappa shape index (κ3) is 28.4. The molecular formula is C34H52Cl6N2O6. The third-order valence-corrected chi connectivity index (χ3v) is 7.48. The van der Waals surface area contributed by atoms with Gasteiger partial charge < -0.3 is 15.3 Å². The normalized spacial score (nSPS) is 11.3. The molecule has 1 unspecified atom stereocenters. The summed E-state index contributed by atoms with van der Waals surface area (Å²) in [6.45, 7) is 15.5. The maximum Gasteiger partial charge on any atom is 0.356 e. The Hall–Kier alpha value is -1.49. The number of carboxylic acids is 3. The van der Waals surface area contributed by atoms with Crippen LogP contribution >= 0.6 is 70.1 Å². The van der Waals surface area contributed by atoms with Gasteiger partial charge in [0.2, 0.25) is 0 Å². The summed E-state index contributed by atoms with van der Waals surface area (Å²) < 4.78 is -1.75. The molecule has 0 fully saturated rings. The molecule has 0 radical (unpaired) electrons. The molecule has 0 spiro atoms. The number of rotatable bonds is 14. The quantitative estimate of drug-likeness (QED) is 0.128. The van der Waals surface area contributed by atoms with Crippen molar-refractivity contribution >= 4 is 88.0 Å². The van der Waals surface area contributed by atoms with E-state index in [4.69, 9.17) is 50.1 Å². The largest absolute Gasteiger partial charge is 0.478 e. The fraction of sp³-hybridized carbons (Fsp3) is 0.559. The average Bonchev–Trinajstić information content (AvgIpc) is 3.04. The van der Waals surface area contributed by atoms with Crippen molar-refractivity contribution in [2.75, 3.05) is 6.54 Å². The zero-order chi connectivity index (χ0) is 37.8. The van der Waals surface area contributed by atoms with Crippen molar-refractivity contribution in [2.24, 2.45) is 0 Å². The number of carboxylic acid groups (broad SMARTS) is 3. The predicted molar refractivity (Wildman–Crippen MR) is 203 cm³/mol. The van der Waals surface area contributed by atoms with E-state index in [9.17, 15) is 14.4 Å². The van der Waals surface area contributed by atoms with E-state index < -0.39 is 21.7 Å². The molecule has 0 saturated heterocycles. The highest BCUT2D eigenvalue weighted by Gasteiger charge is 2.32. The number of halogens is 6. The Kier molecular flexibility index (Phi) is 32.2. The first-order valence-electron chi connectivity index (χ1n) is 15.7. The van der Waals surface area contributed by atoms with Crippen LogP contribution in [-0.2, 0) is 4.79 Å². The monoisotopic (exact) mass is 794 g/mol. The second-order valence-electron chi connectivity index (χ2n) is 10.8. The van der Waals surface area contributed by atoms with Crippen LogP contribution in [-0.4, -0.2) is 63.5 Å². The molecule has 2 aromatic rings. The summed E-state index contributed by atoms with van der Waals surface area (Å²) in [5.41, 5.74) is 1.09. The van der Waals surface area contributed by atoms with E-state index in [2.05, 4.69) is 81.8 Å². The van der Waals surface area contributed by atoms with Crippen LogP contribution in [0, 0.1) is 0 Å². The average molecular weight is 798 g/mol. The van der Waals surface area contributed by atoms with Crippen LogP contribution in [0.4, 0.5) is 0 Å². The second-order valence-corrected chi connectivity index (χ2v) is 14.7. The highest BCUT2D eigenvalue weighted by atomic mass is 35.6.